The second kappa shape index (κ2) is 23.7. The van der Waals surface area contributed by atoms with Crippen LogP contribution in [0.2, 0.25) is 0 Å². The van der Waals surface area contributed by atoms with Crippen LogP contribution in [0.4, 0.5) is 0 Å². The Morgan fingerprint density at radius 1 is 1.06 bits per heavy atom. The van der Waals surface area contributed by atoms with Gasteiger partial charge in [-0.3, -0.25) is 4.90 Å². The number of nitrogens with zero attached hydrogens (tertiary/aromatic N) is 3. The zero-order valence-corrected chi connectivity index (χ0v) is 20.3. The lowest BCUT2D eigenvalue weighted by Gasteiger charge is -2.24. The molecule has 0 atom stereocenters. The summed E-state index contributed by atoms with van der Waals surface area (Å²) in [7, 11) is 1.50. The Morgan fingerprint density at radius 3 is 1.97 bits per heavy atom. The third kappa shape index (κ3) is 19.2. The highest BCUT2D eigenvalue weighted by molar-refractivity contribution is 5.19. The summed E-state index contributed by atoms with van der Waals surface area (Å²) in [6.45, 7) is 17.6. The van der Waals surface area contributed by atoms with Gasteiger partial charge in [-0.25, -0.2) is 0 Å². The molecule has 2 N–H and O–H groups in total. The number of allylic oxidation sites excluding steroid dienone is 5. The summed E-state index contributed by atoms with van der Waals surface area (Å²) in [5.74, 6) is 1.32. The second-order valence-corrected chi connectivity index (χ2v) is 5.90. The van der Waals surface area contributed by atoms with Gasteiger partial charge in [-0.1, -0.05) is 86.7 Å². The fraction of sp³-hybridized carbons (Fsp3) is 0.440. The maximum absolute atomic E-state index is 5.28. The number of hydrogen-bond acceptors (Lipinski definition) is 6. The predicted molar refractivity (Wildman–Crippen MR) is 132 cm³/mol. The van der Waals surface area contributed by atoms with Crippen molar-refractivity contribution < 1.29 is 9.15 Å². The molecule has 2 heterocycles. The maximum atomic E-state index is 5.28. The fourth-order valence-electron chi connectivity index (χ4n) is 2.24. The smallest absolute Gasteiger partial charge is 0.230 e. The van der Waals surface area contributed by atoms with E-state index in [-0.39, 0.29) is 0 Å². The fourth-order valence-corrected chi connectivity index (χ4v) is 2.24. The van der Waals surface area contributed by atoms with Gasteiger partial charge in [-0.15, -0.1) is 10.2 Å². The average molecular weight is 431 g/mol. The van der Waals surface area contributed by atoms with Crippen molar-refractivity contribution in [2.75, 3.05) is 33.4 Å². The number of ether oxygens (including phenoxy) is 1. The first-order valence-electron chi connectivity index (χ1n) is 10.7. The Hall–Kier alpha value is -2.54. The van der Waals surface area contributed by atoms with Gasteiger partial charge in [0, 0.05) is 20.0 Å². The molecule has 0 aliphatic carbocycles. The zero-order chi connectivity index (χ0) is 23.7. The van der Waals surface area contributed by atoms with Gasteiger partial charge in [-0.2, -0.15) is 0 Å². The second-order valence-electron chi connectivity index (χ2n) is 5.90. The highest BCUT2D eigenvalue weighted by Gasteiger charge is 2.13. The molecule has 2 aromatic rings. The number of benzene rings is 1. The van der Waals surface area contributed by atoms with Crippen molar-refractivity contribution in [3.63, 3.8) is 0 Å². The lowest BCUT2D eigenvalue weighted by molar-refractivity contribution is 0.0304. The van der Waals surface area contributed by atoms with Crippen molar-refractivity contribution in [2.24, 2.45) is 5.73 Å². The molecule has 3 rings (SSSR count). The van der Waals surface area contributed by atoms with Gasteiger partial charge in [0.2, 0.25) is 11.8 Å². The van der Waals surface area contributed by atoms with Gasteiger partial charge in [0.05, 0.1) is 19.8 Å². The van der Waals surface area contributed by atoms with Crippen LogP contribution in [0.5, 0.6) is 0 Å². The van der Waals surface area contributed by atoms with Gasteiger partial charge in [-0.05, 0) is 20.9 Å². The summed E-state index contributed by atoms with van der Waals surface area (Å²) < 4.78 is 10.5. The first kappa shape index (κ1) is 30.7. The van der Waals surface area contributed by atoms with Crippen LogP contribution < -0.4 is 5.73 Å². The third-order valence-electron chi connectivity index (χ3n) is 3.51. The Bertz CT molecular complexity index is 649. The van der Waals surface area contributed by atoms with Crippen molar-refractivity contribution in [3.8, 4) is 0 Å². The van der Waals surface area contributed by atoms with Crippen LogP contribution in [0.1, 0.15) is 39.5 Å². The lowest BCUT2D eigenvalue weighted by atomic mass is 10.2. The monoisotopic (exact) mass is 430 g/mol. The molecule has 1 aliphatic rings. The minimum absolute atomic E-state index is 0.628. The molecule has 0 amide bonds. The van der Waals surface area contributed by atoms with Crippen molar-refractivity contribution in [2.45, 2.75) is 41.2 Å². The summed E-state index contributed by atoms with van der Waals surface area (Å²) in [6, 6.07) is 12.0. The zero-order valence-electron chi connectivity index (χ0n) is 20.3. The molecule has 6 heteroatoms. The maximum Gasteiger partial charge on any atom is 0.230 e. The standard InChI is InChI=1S/C8H13N3O2.C8H12.C6H6.C2H6.CH5N/c1-7-9-10-8(13-7)6-11-2-4-12-5-3-11;1-4-6-8(3)7-5-2;1-2-4-6-5-3-1;2*1-2/h2-6H2,1H3;4-7H,1H2,2-3H3;1-6H;1-2H3;2H2,1H3/b;7-5-,8-6-;;;. The number of rotatable bonds is 4. The Labute approximate surface area is 189 Å². The normalized spacial score (nSPS) is 13.2. The van der Waals surface area contributed by atoms with Gasteiger partial charge in [0.15, 0.2) is 0 Å². The highest BCUT2D eigenvalue weighted by atomic mass is 16.5. The van der Waals surface area contributed by atoms with Crippen molar-refractivity contribution in [1.29, 1.82) is 0 Å². The Kier molecular flexibility index (Phi) is 23.5. The molecule has 0 radical (unpaired) electrons. The van der Waals surface area contributed by atoms with Crippen LogP contribution in [0, 0.1) is 6.92 Å². The SMILES string of the molecule is C=C/C=C(C)\C=C/C.CC.CN.Cc1nnc(CN2CCOCC2)o1.c1ccccc1. The molecule has 31 heavy (non-hydrogen) atoms. The molecule has 0 bridgehead atoms. The molecule has 0 saturated carbocycles. The van der Waals surface area contributed by atoms with E-state index in [2.05, 4.69) is 27.4 Å². The van der Waals surface area contributed by atoms with Crippen LogP contribution >= 0.6 is 0 Å². The molecular formula is C25H42N4O2. The number of morpholine rings is 1. The summed E-state index contributed by atoms with van der Waals surface area (Å²) in [4.78, 5) is 2.25. The van der Waals surface area contributed by atoms with E-state index in [0.29, 0.717) is 11.8 Å². The Morgan fingerprint density at radius 2 is 1.58 bits per heavy atom. The summed E-state index contributed by atoms with van der Waals surface area (Å²) in [5, 5.41) is 7.72. The average Bonchev–Trinajstić information content (AvgIpc) is 3.24. The van der Waals surface area contributed by atoms with Gasteiger partial charge < -0.3 is 14.9 Å². The molecule has 1 saturated heterocycles. The van der Waals surface area contributed by atoms with E-state index in [1.54, 1.807) is 13.0 Å². The minimum atomic E-state index is 0.628. The minimum Gasteiger partial charge on any atom is -0.424 e. The number of aromatic nitrogens is 2. The van der Waals surface area contributed by atoms with E-state index >= 15 is 0 Å². The van der Waals surface area contributed by atoms with Crippen molar-refractivity contribution in [3.05, 3.63) is 84.6 Å². The largest absolute Gasteiger partial charge is 0.424 e. The quantitative estimate of drug-likeness (QED) is 0.672. The van der Waals surface area contributed by atoms with Crippen LogP contribution in [0.15, 0.2) is 77.3 Å². The number of hydrogen-bond donors (Lipinski definition) is 1. The van der Waals surface area contributed by atoms with Crippen molar-refractivity contribution >= 4 is 0 Å². The van der Waals surface area contributed by atoms with E-state index < -0.39 is 0 Å². The van der Waals surface area contributed by atoms with Crippen LogP contribution in [-0.4, -0.2) is 48.4 Å². The molecule has 1 aromatic carbocycles. The van der Waals surface area contributed by atoms with Gasteiger partial charge >= 0.3 is 0 Å². The molecule has 1 fully saturated rings. The first-order valence-corrected chi connectivity index (χ1v) is 10.7. The van der Waals surface area contributed by atoms with E-state index in [4.69, 9.17) is 9.15 Å². The number of nitrogens with two attached hydrogens (primary N) is 1. The molecule has 6 nitrogen and oxygen atoms in total. The molecule has 1 aromatic heterocycles. The van der Waals surface area contributed by atoms with E-state index in [1.807, 2.05) is 82.3 Å². The van der Waals surface area contributed by atoms with Gasteiger partial charge in [0.25, 0.3) is 0 Å². The molecule has 1 aliphatic heterocycles. The topological polar surface area (TPSA) is 77.4 Å². The molecule has 0 spiro atoms. The first-order chi connectivity index (χ1) is 15.2. The van der Waals surface area contributed by atoms with E-state index in [1.165, 1.54) is 12.6 Å². The molecular weight excluding hydrogens is 388 g/mol. The van der Waals surface area contributed by atoms with Crippen LogP contribution in [0.3, 0.4) is 0 Å². The van der Waals surface area contributed by atoms with Crippen LogP contribution in [-0.2, 0) is 11.3 Å². The number of aryl methyl sites for hydroxylation is 1. The summed E-state index contributed by atoms with van der Waals surface area (Å²) >= 11 is 0. The highest BCUT2D eigenvalue weighted by Crippen LogP contribution is 2.05. The van der Waals surface area contributed by atoms with Crippen LogP contribution in [0.25, 0.3) is 0 Å². The Balaban J connectivity index is 0. The molecule has 0 unspecified atom stereocenters. The van der Waals surface area contributed by atoms with E-state index in [9.17, 15) is 0 Å². The predicted octanol–water partition coefficient (Wildman–Crippen LogP) is 5.19. The van der Waals surface area contributed by atoms with Gasteiger partial charge in [0.1, 0.15) is 0 Å². The third-order valence-corrected chi connectivity index (χ3v) is 3.51. The summed E-state index contributed by atoms with van der Waals surface area (Å²) in [6.07, 6.45) is 7.81. The lowest BCUT2D eigenvalue weighted by Crippen LogP contribution is -2.35. The molecule has 174 valence electrons. The summed E-state index contributed by atoms with van der Waals surface area (Å²) in [5.41, 5.74) is 5.74. The van der Waals surface area contributed by atoms with Crippen molar-refractivity contribution in [1.82, 2.24) is 15.1 Å². The van der Waals surface area contributed by atoms with E-state index in [0.717, 1.165) is 32.8 Å².